The van der Waals surface area contributed by atoms with Crippen molar-refractivity contribution in [2.75, 3.05) is 13.7 Å². The molecule has 1 aliphatic heterocycles. The van der Waals surface area contributed by atoms with Crippen LogP contribution in [0.1, 0.15) is 31.4 Å². The van der Waals surface area contributed by atoms with Gasteiger partial charge in [0.05, 0.1) is 40.7 Å². The van der Waals surface area contributed by atoms with Crippen LogP contribution in [0.25, 0.3) is 0 Å². The number of methoxy groups -OCH3 is 1. The first-order valence-corrected chi connectivity index (χ1v) is 11.1. The first-order chi connectivity index (χ1) is 18.2. The largest absolute Gasteiger partial charge is 0.468 e. The predicted octanol–water partition coefficient (Wildman–Crippen LogP) is 4.18. The van der Waals surface area contributed by atoms with Crippen LogP contribution in [-0.2, 0) is 14.3 Å². The lowest BCUT2D eigenvalue weighted by molar-refractivity contribution is -0.385. The number of nitrogens with zero attached hydrogens (tertiary/aromatic N) is 5. The number of nitro benzene ring substituents is 2. The number of ether oxygens (including phenoxy) is 3. The quantitative estimate of drug-likeness (QED) is 0.210. The van der Waals surface area contributed by atoms with E-state index in [0.29, 0.717) is 0 Å². The molecule has 0 fully saturated rings. The van der Waals surface area contributed by atoms with E-state index in [-0.39, 0.29) is 59.4 Å². The minimum Gasteiger partial charge on any atom is -0.468 e. The molecule has 3 rings (SSSR count). The summed E-state index contributed by atoms with van der Waals surface area (Å²) in [5.74, 6) is -0.894. The fourth-order valence-corrected chi connectivity index (χ4v) is 3.60. The molecule has 1 aliphatic rings. The molecule has 14 nitrogen and oxygen atoms in total. The number of benzene rings is 2. The Bertz CT molecular complexity index is 1340. The molecule has 0 aliphatic carbocycles. The number of nitro groups is 2. The molecule has 1 heterocycles. The molecular formula is C24H21N5O9. The molecule has 0 saturated carbocycles. The van der Waals surface area contributed by atoms with Crippen molar-refractivity contribution in [1.29, 1.82) is 5.26 Å². The number of hydrogen-bond donors (Lipinski definition) is 0. The van der Waals surface area contributed by atoms with Gasteiger partial charge in [-0.2, -0.15) is 5.26 Å². The highest BCUT2D eigenvalue weighted by molar-refractivity contribution is 6.00. The zero-order valence-electron chi connectivity index (χ0n) is 20.2. The summed E-state index contributed by atoms with van der Waals surface area (Å²) in [4.78, 5) is 52.7. The molecule has 2 aromatic rings. The number of amidine groups is 1. The SMILES string of the molecule is CCC1=C(C(=O)OCCC#N)C(c2ccc([N+](=O)[O-])cc2)N(C(=O)Oc2ccc([N+](=O)[O-])cc2)C(OC)=N1. The number of esters is 1. The van der Waals surface area contributed by atoms with Crippen molar-refractivity contribution in [3.05, 3.63) is 85.6 Å². The summed E-state index contributed by atoms with van der Waals surface area (Å²) >= 11 is 0. The highest BCUT2D eigenvalue weighted by Crippen LogP contribution is 2.38. The molecule has 1 unspecified atom stereocenters. The third-order valence-electron chi connectivity index (χ3n) is 5.33. The van der Waals surface area contributed by atoms with Gasteiger partial charge in [-0.25, -0.2) is 19.5 Å². The van der Waals surface area contributed by atoms with E-state index in [1.807, 2.05) is 6.07 Å². The number of hydrogen-bond acceptors (Lipinski definition) is 11. The van der Waals surface area contributed by atoms with Gasteiger partial charge in [0.15, 0.2) is 0 Å². The van der Waals surface area contributed by atoms with Crippen LogP contribution in [0.3, 0.4) is 0 Å². The molecule has 0 saturated heterocycles. The number of allylic oxidation sites excluding steroid dienone is 1. The van der Waals surface area contributed by atoms with Crippen LogP contribution in [-0.4, -0.2) is 46.5 Å². The lowest BCUT2D eigenvalue weighted by Crippen LogP contribution is -2.46. The van der Waals surface area contributed by atoms with Gasteiger partial charge in [0, 0.05) is 24.3 Å². The lowest BCUT2D eigenvalue weighted by atomic mass is 9.93. The van der Waals surface area contributed by atoms with Crippen LogP contribution in [0.15, 0.2) is 64.8 Å². The summed E-state index contributed by atoms with van der Waals surface area (Å²) in [6.07, 6.45) is -0.897. The number of rotatable bonds is 8. The first kappa shape index (κ1) is 27.3. The van der Waals surface area contributed by atoms with Gasteiger partial charge in [-0.3, -0.25) is 20.2 Å². The minimum absolute atomic E-state index is 0.0399. The molecular weight excluding hydrogens is 502 g/mol. The second-order valence-corrected chi connectivity index (χ2v) is 7.60. The van der Waals surface area contributed by atoms with Crippen LogP contribution in [0.4, 0.5) is 16.2 Å². The van der Waals surface area contributed by atoms with Crippen molar-refractivity contribution in [1.82, 2.24) is 4.90 Å². The summed E-state index contributed by atoms with van der Waals surface area (Å²) in [5.41, 5.74) is 0.0119. The van der Waals surface area contributed by atoms with Gasteiger partial charge in [0.1, 0.15) is 18.4 Å². The van der Waals surface area contributed by atoms with Gasteiger partial charge in [-0.15, -0.1) is 0 Å². The van der Waals surface area contributed by atoms with Gasteiger partial charge in [0.25, 0.3) is 11.4 Å². The van der Waals surface area contributed by atoms with Crippen LogP contribution in [0, 0.1) is 31.6 Å². The first-order valence-electron chi connectivity index (χ1n) is 11.1. The number of aliphatic imine (C=N–C) groups is 1. The molecule has 2 aromatic carbocycles. The van der Waals surface area contributed by atoms with Gasteiger partial charge >= 0.3 is 18.1 Å². The van der Waals surface area contributed by atoms with Crippen molar-refractivity contribution < 1.29 is 33.6 Å². The van der Waals surface area contributed by atoms with E-state index in [0.717, 1.165) is 17.0 Å². The van der Waals surface area contributed by atoms with Gasteiger partial charge in [-0.05, 0) is 36.2 Å². The maximum atomic E-state index is 13.4. The van der Waals surface area contributed by atoms with E-state index in [1.165, 1.54) is 43.5 Å². The van der Waals surface area contributed by atoms with Crippen molar-refractivity contribution in [3.63, 3.8) is 0 Å². The molecule has 196 valence electrons. The van der Waals surface area contributed by atoms with E-state index < -0.39 is 28.0 Å². The van der Waals surface area contributed by atoms with Crippen LogP contribution >= 0.6 is 0 Å². The zero-order valence-corrected chi connectivity index (χ0v) is 20.2. The van der Waals surface area contributed by atoms with Gasteiger partial charge in [0.2, 0.25) is 0 Å². The predicted molar refractivity (Wildman–Crippen MR) is 130 cm³/mol. The summed E-state index contributed by atoms with van der Waals surface area (Å²) in [6.45, 7) is 1.50. The maximum absolute atomic E-state index is 13.4. The van der Waals surface area contributed by atoms with Crippen molar-refractivity contribution in [3.8, 4) is 11.8 Å². The van der Waals surface area contributed by atoms with E-state index >= 15 is 0 Å². The zero-order chi connectivity index (χ0) is 27.8. The second-order valence-electron chi connectivity index (χ2n) is 7.60. The Morgan fingerprint density at radius 3 is 2.13 bits per heavy atom. The molecule has 14 heteroatoms. The Labute approximate surface area is 215 Å². The molecule has 0 aromatic heterocycles. The highest BCUT2D eigenvalue weighted by atomic mass is 16.6. The van der Waals surface area contributed by atoms with E-state index in [9.17, 15) is 29.8 Å². The van der Waals surface area contributed by atoms with Crippen LogP contribution < -0.4 is 4.74 Å². The number of non-ortho nitro benzene ring substituents is 2. The van der Waals surface area contributed by atoms with E-state index in [4.69, 9.17) is 19.5 Å². The summed E-state index contributed by atoms with van der Waals surface area (Å²) in [6, 6.07) is 10.3. The number of nitriles is 1. The fraction of sp³-hybridized carbons (Fsp3) is 0.250. The number of carbonyl (C=O) groups excluding carboxylic acids is 2. The Morgan fingerprint density at radius 2 is 1.63 bits per heavy atom. The molecule has 1 amide bonds. The van der Waals surface area contributed by atoms with Crippen LogP contribution in [0.5, 0.6) is 5.75 Å². The van der Waals surface area contributed by atoms with Crippen molar-refractivity contribution in [2.24, 2.45) is 4.99 Å². The van der Waals surface area contributed by atoms with Gasteiger partial charge in [-0.1, -0.05) is 6.92 Å². The Hall–Kier alpha value is -5.32. The highest BCUT2D eigenvalue weighted by Gasteiger charge is 2.42. The monoisotopic (exact) mass is 523 g/mol. The molecule has 38 heavy (non-hydrogen) atoms. The van der Waals surface area contributed by atoms with Crippen molar-refractivity contribution >= 4 is 29.5 Å². The standard InChI is InChI=1S/C24H21N5O9/c1-3-19-20(22(30)37-14-4-13-25)21(15-5-7-16(8-6-15)28(32)33)27(23(26-19)36-2)24(31)38-18-11-9-17(10-12-18)29(34)35/h5-12,21H,3-4,14H2,1-2H3. The summed E-state index contributed by atoms with van der Waals surface area (Å²) < 4.78 is 16.0. The normalized spacial score (nSPS) is 14.7. The minimum atomic E-state index is -1.24. The summed E-state index contributed by atoms with van der Waals surface area (Å²) in [5, 5.41) is 30.9. The molecule has 0 spiro atoms. The third-order valence-corrected chi connectivity index (χ3v) is 5.33. The Morgan fingerprint density at radius 1 is 1.05 bits per heavy atom. The maximum Gasteiger partial charge on any atom is 0.424 e. The smallest absolute Gasteiger partial charge is 0.424 e. The molecule has 0 bridgehead atoms. The fourth-order valence-electron chi connectivity index (χ4n) is 3.60. The lowest BCUT2D eigenvalue weighted by Gasteiger charge is -2.35. The molecule has 1 atom stereocenters. The van der Waals surface area contributed by atoms with Gasteiger partial charge < -0.3 is 14.2 Å². The van der Waals surface area contributed by atoms with Crippen LogP contribution in [0.2, 0.25) is 0 Å². The summed E-state index contributed by atoms with van der Waals surface area (Å²) in [7, 11) is 1.25. The number of amides is 1. The topological polar surface area (TPSA) is 188 Å². The number of carbonyl (C=O) groups is 2. The average Bonchev–Trinajstić information content (AvgIpc) is 2.92. The molecule has 0 radical (unpaired) electrons. The third kappa shape index (κ3) is 5.90. The van der Waals surface area contributed by atoms with E-state index in [2.05, 4.69) is 4.99 Å². The van der Waals surface area contributed by atoms with Crippen molar-refractivity contribution in [2.45, 2.75) is 25.8 Å². The second kappa shape index (κ2) is 12.1. The Kier molecular flexibility index (Phi) is 8.67. The molecule has 0 N–H and O–H groups in total. The Balaban J connectivity index is 2.10. The van der Waals surface area contributed by atoms with E-state index in [1.54, 1.807) is 6.92 Å². The average molecular weight is 523 g/mol.